The maximum atomic E-state index is 12.9. The van der Waals surface area contributed by atoms with Crippen molar-refractivity contribution in [3.63, 3.8) is 0 Å². The highest BCUT2D eigenvalue weighted by molar-refractivity contribution is 6.08. The van der Waals surface area contributed by atoms with Gasteiger partial charge in [-0.1, -0.05) is 30.7 Å². The predicted octanol–water partition coefficient (Wildman–Crippen LogP) is 5.01. The fourth-order valence-electron chi connectivity index (χ4n) is 4.03. The molecule has 1 amide bonds. The van der Waals surface area contributed by atoms with Crippen LogP contribution in [0.2, 0.25) is 0 Å². The second-order valence-electron chi connectivity index (χ2n) is 7.85. The third-order valence-electron chi connectivity index (χ3n) is 5.89. The number of nitrogens with zero attached hydrogens (tertiary/aromatic N) is 1. The Bertz CT molecular complexity index is 983. The first kappa shape index (κ1) is 20.1. The molecule has 0 radical (unpaired) electrons. The highest BCUT2D eigenvalue weighted by atomic mass is 16.5. The van der Waals surface area contributed by atoms with E-state index < -0.39 is 0 Å². The molecule has 30 heavy (non-hydrogen) atoms. The smallest absolute Gasteiger partial charge is 0.257 e. The summed E-state index contributed by atoms with van der Waals surface area (Å²) in [4.78, 5) is 17.0. The van der Waals surface area contributed by atoms with Gasteiger partial charge in [0.15, 0.2) is 0 Å². The van der Waals surface area contributed by atoms with Crippen molar-refractivity contribution < 1.29 is 9.53 Å². The standard InChI is InChI=1S/C25H27N3O2/c1-30-18-25(13-4-14-25)20-7-9-21(10-8-20)28-24(29)22-5-2-3-6-23(22)27-17-19-11-15-26-16-12-19/h2-3,5-12,15-16,27H,4,13-14,17-18H2,1H3,(H,28,29). The van der Waals surface area contributed by atoms with Gasteiger partial charge in [0.05, 0.1) is 12.2 Å². The lowest BCUT2D eigenvalue weighted by molar-refractivity contribution is 0.0792. The number of methoxy groups -OCH3 is 1. The third kappa shape index (κ3) is 4.36. The maximum Gasteiger partial charge on any atom is 0.257 e. The van der Waals surface area contributed by atoms with E-state index in [0.717, 1.165) is 36.4 Å². The molecule has 1 saturated carbocycles. The highest BCUT2D eigenvalue weighted by Gasteiger charge is 2.38. The molecule has 2 aromatic carbocycles. The topological polar surface area (TPSA) is 63.2 Å². The number of para-hydroxylation sites is 1. The maximum absolute atomic E-state index is 12.9. The molecule has 1 heterocycles. The van der Waals surface area contributed by atoms with E-state index in [1.165, 1.54) is 12.0 Å². The van der Waals surface area contributed by atoms with Crippen molar-refractivity contribution in [1.82, 2.24) is 4.98 Å². The molecule has 5 heteroatoms. The SMILES string of the molecule is COCC1(c2ccc(NC(=O)c3ccccc3NCc3ccncc3)cc2)CCC1. The summed E-state index contributed by atoms with van der Waals surface area (Å²) in [6.45, 7) is 1.37. The van der Waals surface area contributed by atoms with Gasteiger partial charge in [0, 0.05) is 42.8 Å². The molecule has 5 nitrogen and oxygen atoms in total. The van der Waals surface area contributed by atoms with Crippen LogP contribution in [0.5, 0.6) is 0 Å². The lowest BCUT2D eigenvalue weighted by Gasteiger charge is -2.42. The van der Waals surface area contributed by atoms with Crippen LogP contribution in [0.4, 0.5) is 11.4 Å². The van der Waals surface area contributed by atoms with Crippen LogP contribution < -0.4 is 10.6 Å². The number of anilines is 2. The molecule has 0 unspecified atom stereocenters. The monoisotopic (exact) mass is 401 g/mol. The van der Waals surface area contributed by atoms with E-state index in [4.69, 9.17) is 4.74 Å². The van der Waals surface area contributed by atoms with Crippen molar-refractivity contribution in [3.8, 4) is 0 Å². The van der Waals surface area contributed by atoms with Crippen LogP contribution in [0.3, 0.4) is 0 Å². The lowest BCUT2D eigenvalue weighted by atomic mass is 9.65. The Morgan fingerprint density at radius 3 is 2.43 bits per heavy atom. The van der Waals surface area contributed by atoms with E-state index >= 15 is 0 Å². The number of pyridine rings is 1. The quantitative estimate of drug-likeness (QED) is 0.557. The fraction of sp³-hybridized carbons (Fsp3) is 0.280. The molecule has 1 aliphatic carbocycles. The van der Waals surface area contributed by atoms with E-state index in [-0.39, 0.29) is 11.3 Å². The average Bonchev–Trinajstić information content (AvgIpc) is 2.76. The molecular weight excluding hydrogens is 374 g/mol. The number of amides is 1. The minimum atomic E-state index is -0.129. The van der Waals surface area contributed by atoms with Gasteiger partial charge < -0.3 is 15.4 Å². The van der Waals surface area contributed by atoms with E-state index in [1.54, 1.807) is 19.5 Å². The predicted molar refractivity (Wildman–Crippen MR) is 120 cm³/mol. The van der Waals surface area contributed by atoms with Crippen LogP contribution in [-0.4, -0.2) is 24.6 Å². The molecule has 0 aliphatic heterocycles. The fourth-order valence-corrected chi connectivity index (χ4v) is 4.03. The number of carbonyl (C=O) groups excluding carboxylic acids is 1. The largest absolute Gasteiger partial charge is 0.384 e. The Labute approximate surface area is 177 Å². The zero-order chi connectivity index (χ0) is 20.8. The summed E-state index contributed by atoms with van der Waals surface area (Å²) < 4.78 is 5.44. The molecule has 0 atom stereocenters. The zero-order valence-corrected chi connectivity index (χ0v) is 17.2. The Morgan fingerprint density at radius 2 is 1.77 bits per heavy atom. The minimum Gasteiger partial charge on any atom is -0.384 e. The first-order valence-corrected chi connectivity index (χ1v) is 10.3. The average molecular weight is 402 g/mol. The van der Waals surface area contributed by atoms with Gasteiger partial charge in [-0.25, -0.2) is 0 Å². The minimum absolute atomic E-state index is 0.129. The first-order chi connectivity index (χ1) is 14.7. The van der Waals surface area contributed by atoms with Crippen molar-refractivity contribution >= 4 is 17.3 Å². The molecule has 154 valence electrons. The number of nitrogens with one attached hydrogen (secondary N) is 2. The van der Waals surface area contributed by atoms with Crippen LogP contribution in [0.15, 0.2) is 73.1 Å². The van der Waals surface area contributed by atoms with Gasteiger partial charge >= 0.3 is 0 Å². The number of carbonyl (C=O) groups is 1. The van der Waals surface area contributed by atoms with Gasteiger partial charge in [-0.15, -0.1) is 0 Å². The molecule has 1 fully saturated rings. The summed E-state index contributed by atoms with van der Waals surface area (Å²) in [6.07, 6.45) is 7.08. The molecule has 4 rings (SSSR count). The molecule has 1 aliphatic rings. The summed E-state index contributed by atoms with van der Waals surface area (Å²) in [5.41, 5.74) is 4.74. The Morgan fingerprint density at radius 1 is 1.03 bits per heavy atom. The van der Waals surface area contributed by atoms with Gasteiger partial charge in [-0.05, 0) is 60.4 Å². The summed E-state index contributed by atoms with van der Waals surface area (Å²) in [5, 5.41) is 6.38. The Hall–Kier alpha value is -3.18. The number of hydrogen-bond acceptors (Lipinski definition) is 4. The van der Waals surface area contributed by atoms with Crippen LogP contribution in [-0.2, 0) is 16.7 Å². The van der Waals surface area contributed by atoms with Crippen LogP contribution >= 0.6 is 0 Å². The summed E-state index contributed by atoms with van der Waals surface area (Å²) in [7, 11) is 1.76. The van der Waals surface area contributed by atoms with E-state index in [9.17, 15) is 4.79 Å². The number of benzene rings is 2. The number of ether oxygens (including phenoxy) is 1. The van der Waals surface area contributed by atoms with Crippen molar-refractivity contribution in [3.05, 3.63) is 89.7 Å². The normalized spacial score (nSPS) is 14.6. The van der Waals surface area contributed by atoms with Crippen LogP contribution in [0, 0.1) is 0 Å². The van der Waals surface area contributed by atoms with Gasteiger partial charge in [0.25, 0.3) is 5.91 Å². The molecular formula is C25H27N3O2. The summed E-state index contributed by atoms with van der Waals surface area (Å²) in [5.74, 6) is -0.129. The van der Waals surface area contributed by atoms with Crippen molar-refractivity contribution in [2.24, 2.45) is 0 Å². The van der Waals surface area contributed by atoms with Gasteiger partial charge in [-0.3, -0.25) is 9.78 Å². The van der Waals surface area contributed by atoms with Gasteiger partial charge in [0.2, 0.25) is 0 Å². The van der Waals surface area contributed by atoms with E-state index in [0.29, 0.717) is 12.1 Å². The Kier molecular flexibility index (Phi) is 6.10. The molecule has 0 bridgehead atoms. The van der Waals surface area contributed by atoms with Gasteiger partial charge in [-0.2, -0.15) is 0 Å². The molecule has 0 saturated heterocycles. The second kappa shape index (κ2) is 9.09. The Balaban J connectivity index is 1.44. The first-order valence-electron chi connectivity index (χ1n) is 10.3. The number of hydrogen-bond donors (Lipinski definition) is 2. The molecule has 1 aromatic heterocycles. The number of rotatable bonds is 8. The number of aromatic nitrogens is 1. The van der Waals surface area contributed by atoms with Gasteiger partial charge in [0.1, 0.15) is 0 Å². The van der Waals surface area contributed by atoms with Crippen LogP contribution in [0.1, 0.15) is 40.7 Å². The van der Waals surface area contributed by atoms with Crippen molar-refractivity contribution in [2.75, 3.05) is 24.4 Å². The van der Waals surface area contributed by atoms with E-state index in [1.807, 2.05) is 48.5 Å². The van der Waals surface area contributed by atoms with Crippen LogP contribution in [0.25, 0.3) is 0 Å². The highest BCUT2D eigenvalue weighted by Crippen LogP contribution is 2.44. The summed E-state index contributed by atoms with van der Waals surface area (Å²) >= 11 is 0. The third-order valence-corrected chi connectivity index (χ3v) is 5.89. The summed E-state index contributed by atoms with van der Waals surface area (Å²) in [6, 6.07) is 19.7. The second-order valence-corrected chi connectivity index (χ2v) is 7.85. The molecule has 0 spiro atoms. The zero-order valence-electron chi connectivity index (χ0n) is 17.2. The van der Waals surface area contributed by atoms with E-state index in [2.05, 4.69) is 27.8 Å². The lowest BCUT2D eigenvalue weighted by Crippen LogP contribution is -2.38. The molecule has 3 aromatic rings. The molecule has 2 N–H and O–H groups in total. The van der Waals surface area contributed by atoms with Crippen molar-refractivity contribution in [2.45, 2.75) is 31.2 Å². The van der Waals surface area contributed by atoms with Crippen molar-refractivity contribution in [1.29, 1.82) is 0 Å².